The maximum Gasteiger partial charge on any atom is 0.266 e. The molecule has 0 saturated carbocycles. The molecule has 1 aromatic carbocycles. The molecule has 0 aliphatic carbocycles. The lowest BCUT2D eigenvalue weighted by molar-refractivity contribution is -0.123. The van der Waals surface area contributed by atoms with Gasteiger partial charge in [0.2, 0.25) is 0 Å². The fourth-order valence-corrected chi connectivity index (χ4v) is 6.15. The lowest BCUT2D eigenvalue weighted by Crippen LogP contribution is -2.48. The topological polar surface area (TPSA) is 69.0 Å². The fourth-order valence-electron chi connectivity index (χ4n) is 4.71. The van der Waals surface area contributed by atoms with E-state index < -0.39 is 0 Å². The van der Waals surface area contributed by atoms with E-state index in [0.29, 0.717) is 27.9 Å². The Hall–Kier alpha value is -2.20. The zero-order valence-corrected chi connectivity index (χ0v) is 21.6. The molecule has 2 aliphatic rings. The van der Waals surface area contributed by atoms with Gasteiger partial charge in [-0.1, -0.05) is 49.1 Å². The second-order valence-electron chi connectivity index (χ2n) is 8.69. The summed E-state index contributed by atoms with van der Waals surface area (Å²) in [5.74, 6) is -0.126. The van der Waals surface area contributed by atoms with Crippen LogP contribution in [0.4, 0.5) is 5.69 Å². The number of aromatic nitrogens is 1. The fraction of sp³-hybridized carbons (Fsp3) is 0.480. The first-order valence-corrected chi connectivity index (χ1v) is 13.1. The highest BCUT2D eigenvalue weighted by Crippen LogP contribution is 2.37. The first-order chi connectivity index (χ1) is 16.4. The zero-order valence-electron chi connectivity index (χ0n) is 20.0. The van der Waals surface area contributed by atoms with Crippen molar-refractivity contribution in [2.45, 2.75) is 39.8 Å². The average molecular weight is 501 g/mol. The van der Waals surface area contributed by atoms with Gasteiger partial charge in [-0.25, -0.2) is 0 Å². The van der Waals surface area contributed by atoms with Gasteiger partial charge in [0, 0.05) is 50.7 Å². The summed E-state index contributed by atoms with van der Waals surface area (Å²) in [4.78, 5) is 33.7. The number of hydrogen-bond donors (Lipinski definition) is 1. The third kappa shape index (κ3) is 4.54. The Balaban J connectivity index is 1.86. The van der Waals surface area contributed by atoms with Crippen LogP contribution in [0.3, 0.4) is 0 Å². The number of carbonyl (C=O) groups excluding carboxylic acids is 1. The molecule has 182 valence electrons. The number of benzene rings is 1. The first-order valence-electron chi connectivity index (χ1n) is 11.9. The summed E-state index contributed by atoms with van der Waals surface area (Å²) < 4.78 is 2.32. The van der Waals surface area contributed by atoms with E-state index in [1.807, 2.05) is 39.0 Å². The van der Waals surface area contributed by atoms with Gasteiger partial charge in [-0.05, 0) is 32.4 Å². The van der Waals surface area contributed by atoms with Crippen molar-refractivity contribution >= 4 is 56.9 Å². The highest BCUT2D eigenvalue weighted by molar-refractivity contribution is 8.26. The Labute approximate surface area is 210 Å². The number of aryl methyl sites for hydroxylation is 1. The second-order valence-corrected chi connectivity index (χ2v) is 10.4. The molecule has 0 spiro atoms. The van der Waals surface area contributed by atoms with Crippen LogP contribution >= 0.6 is 24.0 Å². The third-order valence-electron chi connectivity index (χ3n) is 6.73. The predicted molar refractivity (Wildman–Crippen MR) is 144 cm³/mol. The van der Waals surface area contributed by atoms with Crippen LogP contribution in [-0.4, -0.2) is 75.1 Å². The van der Waals surface area contributed by atoms with Crippen molar-refractivity contribution < 1.29 is 9.90 Å². The molecule has 2 aliphatic heterocycles. The number of thiocarbonyl (C=S) groups is 1. The number of para-hydroxylation sites is 1. The molecule has 3 heterocycles. The van der Waals surface area contributed by atoms with Gasteiger partial charge in [0.25, 0.3) is 11.5 Å². The molecule has 9 heteroatoms. The molecule has 1 unspecified atom stereocenters. The molecular formula is C25H32N4O3S2. The smallest absolute Gasteiger partial charge is 0.266 e. The van der Waals surface area contributed by atoms with E-state index in [0.717, 1.165) is 49.2 Å². The number of hydrogen-bond acceptors (Lipinski definition) is 7. The molecule has 0 radical (unpaired) electrons. The molecule has 1 aromatic heterocycles. The molecule has 2 aromatic rings. The number of nitrogens with zero attached hydrogens (tertiary/aromatic N) is 4. The Bertz CT molecular complexity index is 1180. The van der Waals surface area contributed by atoms with E-state index in [1.54, 1.807) is 15.5 Å². The summed E-state index contributed by atoms with van der Waals surface area (Å²) in [5.41, 5.74) is 2.22. The summed E-state index contributed by atoms with van der Waals surface area (Å²) in [6.07, 6.45) is 2.57. The van der Waals surface area contributed by atoms with E-state index in [-0.39, 0.29) is 24.1 Å². The number of carbonyl (C=O) groups is 1. The number of fused-ring (bicyclic) bond motifs is 1. The van der Waals surface area contributed by atoms with Crippen molar-refractivity contribution in [1.82, 2.24) is 14.4 Å². The number of aliphatic hydroxyl groups is 1. The maximum absolute atomic E-state index is 13.8. The summed E-state index contributed by atoms with van der Waals surface area (Å²) in [7, 11) is 0. The first kappa shape index (κ1) is 24.9. The largest absolute Gasteiger partial charge is 0.395 e. The van der Waals surface area contributed by atoms with Crippen molar-refractivity contribution in [2.24, 2.45) is 0 Å². The van der Waals surface area contributed by atoms with Gasteiger partial charge < -0.3 is 14.6 Å². The van der Waals surface area contributed by atoms with Crippen LogP contribution in [0.5, 0.6) is 0 Å². The average Bonchev–Trinajstić information content (AvgIpc) is 3.12. The SMILES string of the molecule is CCC(C)N1C(=O)C(=Cc2c(N3CCN(CCO)CC3)c3ccccc3n(CC)c2=O)SC1=S. The van der Waals surface area contributed by atoms with Gasteiger partial charge in [0.1, 0.15) is 4.32 Å². The molecular weight excluding hydrogens is 468 g/mol. The Morgan fingerprint density at radius 2 is 1.85 bits per heavy atom. The molecule has 2 saturated heterocycles. The predicted octanol–water partition coefficient (Wildman–Crippen LogP) is 3.14. The minimum atomic E-state index is -0.126. The molecule has 7 nitrogen and oxygen atoms in total. The number of aliphatic hydroxyl groups excluding tert-OH is 1. The molecule has 1 amide bonds. The number of piperazine rings is 1. The van der Waals surface area contributed by atoms with Crippen LogP contribution in [0.25, 0.3) is 17.0 Å². The van der Waals surface area contributed by atoms with Crippen LogP contribution in [0, 0.1) is 0 Å². The van der Waals surface area contributed by atoms with Crippen molar-refractivity contribution in [3.8, 4) is 0 Å². The second kappa shape index (κ2) is 10.6. The van der Waals surface area contributed by atoms with Crippen LogP contribution in [-0.2, 0) is 11.3 Å². The molecule has 0 bridgehead atoms. The third-order valence-corrected chi connectivity index (χ3v) is 8.06. The highest BCUT2D eigenvalue weighted by atomic mass is 32.2. The van der Waals surface area contributed by atoms with Gasteiger partial charge >= 0.3 is 0 Å². The van der Waals surface area contributed by atoms with Gasteiger partial charge in [-0.2, -0.15) is 0 Å². The van der Waals surface area contributed by atoms with Crippen LogP contribution in [0.1, 0.15) is 32.8 Å². The number of thioether (sulfide) groups is 1. The summed E-state index contributed by atoms with van der Waals surface area (Å²) in [5, 5.41) is 10.3. The van der Waals surface area contributed by atoms with Crippen molar-refractivity contribution in [3.05, 3.63) is 45.1 Å². The van der Waals surface area contributed by atoms with E-state index in [4.69, 9.17) is 12.2 Å². The molecule has 1 N–H and O–H groups in total. The van der Waals surface area contributed by atoms with E-state index in [2.05, 4.69) is 15.9 Å². The lowest BCUT2D eigenvalue weighted by atomic mass is 10.0. The zero-order chi connectivity index (χ0) is 24.4. The van der Waals surface area contributed by atoms with E-state index in [1.165, 1.54) is 11.8 Å². The summed E-state index contributed by atoms with van der Waals surface area (Å²) in [6, 6.07) is 8.00. The maximum atomic E-state index is 13.8. The van der Waals surface area contributed by atoms with Gasteiger partial charge in [-0.3, -0.25) is 19.4 Å². The number of rotatable bonds is 7. The molecule has 1 atom stereocenters. The molecule has 34 heavy (non-hydrogen) atoms. The molecule has 4 rings (SSSR count). The minimum absolute atomic E-state index is 0.0152. The normalized spacial score (nSPS) is 19.6. The van der Waals surface area contributed by atoms with Gasteiger partial charge in [0.15, 0.2) is 0 Å². The summed E-state index contributed by atoms with van der Waals surface area (Å²) >= 11 is 6.79. The summed E-state index contributed by atoms with van der Waals surface area (Å²) in [6.45, 7) is 10.4. The minimum Gasteiger partial charge on any atom is -0.395 e. The Morgan fingerprint density at radius 1 is 1.15 bits per heavy atom. The number of amides is 1. The van der Waals surface area contributed by atoms with Crippen molar-refractivity contribution in [1.29, 1.82) is 0 Å². The Morgan fingerprint density at radius 3 is 2.50 bits per heavy atom. The highest BCUT2D eigenvalue weighted by Gasteiger charge is 2.35. The van der Waals surface area contributed by atoms with Crippen molar-refractivity contribution in [3.63, 3.8) is 0 Å². The number of anilines is 1. The monoisotopic (exact) mass is 500 g/mol. The quantitative estimate of drug-likeness (QED) is 0.463. The van der Waals surface area contributed by atoms with Crippen LogP contribution < -0.4 is 10.5 Å². The van der Waals surface area contributed by atoms with Gasteiger partial charge in [-0.15, -0.1) is 0 Å². The van der Waals surface area contributed by atoms with E-state index in [9.17, 15) is 14.7 Å². The Kier molecular flexibility index (Phi) is 7.77. The van der Waals surface area contributed by atoms with Crippen LogP contribution in [0.15, 0.2) is 34.0 Å². The number of β-amino-alcohol motifs (C(OH)–C–C–N with tert-alkyl or cyclic N) is 1. The van der Waals surface area contributed by atoms with E-state index >= 15 is 0 Å². The van der Waals surface area contributed by atoms with Crippen molar-refractivity contribution in [2.75, 3.05) is 44.2 Å². The molecule has 2 fully saturated rings. The van der Waals surface area contributed by atoms with Crippen LogP contribution in [0.2, 0.25) is 0 Å². The van der Waals surface area contributed by atoms with Gasteiger partial charge in [0.05, 0.1) is 28.3 Å². The number of pyridine rings is 1. The lowest BCUT2D eigenvalue weighted by Gasteiger charge is -2.37. The standard InChI is InChI=1S/C25H32N4O3S2/c1-4-17(3)29-24(32)21(34-25(29)33)16-19-22(27-12-10-26(11-13-27)14-15-30)18-8-6-7-9-20(18)28(5-2)23(19)31/h6-9,16-17,30H,4-5,10-15H2,1-3H3.